The highest BCUT2D eigenvalue weighted by atomic mass is 16.2. The van der Waals surface area contributed by atoms with Crippen molar-refractivity contribution < 1.29 is 14.4 Å². The Morgan fingerprint density at radius 2 is 1.82 bits per heavy atom. The zero-order valence-electron chi connectivity index (χ0n) is 8.97. The minimum absolute atomic E-state index is 0.297. The number of hydrogen-bond donors (Lipinski definition) is 1. The van der Waals surface area contributed by atoms with Crippen LogP contribution in [0.1, 0.15) is 12.0 Å². The molecule has 0 unspecified atom stereocenters. The number of barbiturate groups is 1. The summed E-state index contributed by atoms with van der Waals surface area (Å²) in [6.07, 6.45) is 0.355. The summed E-state index contributed by atoms with van der Waals surface area (Å²) in [4.78, 5) is 36.7. The summed E-state index contributed by atoms with van der Waals surface area (Å²) < 4.78 is 0. The number of amides is 4. The second-order valence-electron chi connectivity index (χ2n) is 4.24. The number of fused-ring (bicyclic) bond motifs is 2. The molecule has 0 saturated carbocycles. The SMILES string of the molecule is O=C1NC(=O)[C@]2(c3ccccc3)CCN1C2=O. The molecule has 17 heavy (non-hydrogen) atoms. The summed E-state index contributed by atoms with van der Waals surface area (Å²) in [7, 11) is 0. The van der Waals surface area contributed by atoms with Gasteiger partial charge in [-0.1, -0.05) is 30.3 Å². The van der Waals surface area contributed by atoms with Crippen LogP contribution in [0.25, 0.3) is 0 Å². The Balaban J connectivity index is 2.17. The van der Waals surface area contributed by atoms with Crippen LogP contribution < -0.4 is 5.32 Å². The summed E-state index contributed by atoms with van der Waals surface area (Å²) >= 11 is 0. The zero-order valence-corrected chi connectivity index (χ0v) is 8.97. The van der Waals surface area contributed by atoms with E-state index in [9.17, 15) is 14.4 Å². The average molecular weight is 230 g/mol. The lowest BCUT2D eigenvalue weighted by molar-refractivity contribution is -0.140. The van der Waals surface area contributed by atoms with E-state index in [0.29, 0.717) is 18.5 Å². The van der Waals surface area contributed by atoms with Crippen molar-refractivity contribution in [2.45, 2.75) is 11.8 Å². The molecule has 1 aromatic rings. The smallest absolute Gasteiger partial charge is 0.276 e. The Labute approximate surface area is 97.4 Å². The molecule has 3 rings (SSSR count). The van der Waals surface area contributed by atoms with Crippen LogP contribution in [-0.4, -0.2) is 29.3 Å². The first kappa shape index (κ1) is 10.0. The molecule has 0 spiro atoms. The fourth-order valence-electron chi connectivity index (χ4n) is 2.52. The van der Waals surface area contributed by atoms with Gasteiger partial charge in [0.25, 0.3) is 5.91 Å². The van der Waals surface area contributed by atoms with Gasteiger partial charge in [-0.25, -0.2) is 4.79 Å². The van der Waals surface area contributed by atoms with Crippen molar-refractivity contribution in [3.63, 3.8) is 0 Å². The van der Waals surface area contributed by atoms with Gasteiger partial charge in [-0.2, -0.15) is 0 Å². The largest absolute Gasteiger partial charge is 0.330 e. The van der Waals surface area contributed by atoms with Crippen molar-refractivity contribution in [3.8, 4) is 0 Å². The molecule has 86 valence electrons. The van der Waals surface area contributed by atoms with Gasteiger partial charge in [-0.15, -0.1) is 0 Å². The number of carbonyl (C=O) groups excluding carboxylic acids is 3. The number of hydrogen-bond acceptors (Lipinski definition) is 3. The molecule has 5 heteroatoms. The molecule has 2 bridgehead atoms. The number of nitrogens with one attached hydrogen (secondary N) is 1. The van der Waals surface area contributed by atoms with Crippen LogP contribution in [0.5, 0.6) is 0 Å². The van der Waals surface area contributed by atoms with Gasteiger partial charge in [-0.05, 0) is 12.0 Å². The molecule has 1 aromatic carbocycles. The fraction of sp³-hybridized carbons (Fsp3) is 0.250. The first-order chi connectivity index (χ1) is 8.16. The van der Waals surface area contributed by atoms with E-state index in [1.54, 1.807) is 24.3 Å². The lowest BCUT2D eigenvalue weighted by Gasteiger charge is -2.30. The standard InChI is InChI=1S/C12H10N2O3/c15-9-12(8-4-2-1-3-5-8)6-7-14(10(12)16)11(17)13-9/h1-5H,6-7H2,(H,13,15,17)/t12-/m1/s1. The van der Waals surface area contributed by atoms with Crippen LogP contribution in [0.15, 0.2) is 30.3 Å². The normalized spacial score (nSPS) is 27.3. The number of carbonyl (C=O) groups is 3. The Hall–Kier alpha value is -2.17. The van der Waals surface area contributed by atoms with E-state index < -0.39 is 23.3 Å². The number of nitrogens with zero attached hydrogens (tertiary/aromatic N) is 1. The van der Waals surface area contributed by atoms with Crippen molar-refractivity contribution in [3.05, 3.63) is 35.9 Å². The van der Waals surface area contributed by atoms with Gasteiger partial charge in [0.1, 0.15) is 0 Å². The number of rotatable bonds is 1. The van der Waals surface area contributed by atoms with Crippen LogP contribution in [0.4, 0.5) is 4.79 Å². The van der Waals surface area contributed by atoms with Crippen LogP contribution in [0.2, 0.25) is 0 Å². The molecule has 2 aliphatic rings. The van der Waals surface area contributed by atoms with Crippen LogP contribution in [0.3, 0.4) is 0 Å². The first-order valence-corrected chi connectivity index (χ1v) is 5.39. The fourth-order valence-corrected chi connectivity index (χ4v) is 2.52. The molecule has 2 aliphatic heterocycles. The van der Waals surface area contributed by atoms with Gasteiger partial charge in [0.15, 0.2) is 5.41 Å². The Morgan fingerprint density at radius 3 is 2.53 bits per heavy atom. The van der Waals surface area contributed by atoms with E-state index in [4.69, 9.17) is 0 Å². The monoisotopic (exact) mass is 230 g/mol. The van der Waals surface area contributed by atoms with Crippen molar-refractivity contribution in [2.24, 2.45) is 0 Å². The lowest BCUT2D eigenvalue weighted by atomic mass is 9.77. The highest BCUT2D eigenvalue weighted by molar-refractivity contribution is 6.24. The molecule has 1 atom stereocenters. The van der Waals surface area contributed by atoms with Crippen LogP contribution in [-0.2, 0) is 15.0 Å². The molecule has 0 radical (unpaired) electrons. The third-order valence-electron chi connectivity index (χ3n) is 3.44. The summed E-state index contributed by atoms with van der Waals surface area (Å²) in [6, 6.07) is 8.27. The van der Waals surface area contributed by atoms with E-state index in [2.05, 4.69) is 5.32 Å². The lowest BCUT2D eigenvalue weighted by Crippen LogP contribution is -2.60. The summed E-state index contributed by atoms with van der Waals surface area (Å²) in [5.74, 6) is -0.912. The quantitative estimate of drug-likeness (QED) is 0.710. The maximum Gasteiger partial charge on any atom is 0.330 e. The Bertz CT molecular complexity index is 526. The minimum Gasteiger partial charge on any atom is -0.276 e. The van der Waals surface area contributed by atoms with E-state index >= 15 is 0 Å². The van der Waals surface area contributed by atoms with Crippen molar-refractivity contribution in [1.82, 2.24) is 10.2 Å². The Kier molecular flexibility index (Phi) is 1.86. The van der Waals surface area contributed by atoms with Gasteiger partial charge in [0.05, 0.1) is 0 Å². The first-order valence-electron chi connectivity index (χ1n) is 5.39. The second kappa shape index (κ2) is 3.16. The van der Waals surface area contributed by atoms with Gasteiger partial charge in [0, 0.05) is 6.54 Å². The summed E-state index contributed by atoms with van der Waals surface area (Å²) in [5.41, 5.74) is -0.549. The minimum atomic E-state index is -1.20. The predicted molar refractivity (Wildman–Crippen MR) is 58.0 cm³/mol. The second-order valence-corrected chi connectivity index (χ2v) is 4.24. The molecule has 0 aliphatic carbocycles. The van der Waals surface area contributed by atoms with Crippen LogP contribution in [0, 0.1) is 0 Å². The molecular formula is C12H10N2O3. The predicted octanol–water partition coefficient (Wildman–Crippen LogP) is 0.407. The summed E-state index contributed by atoms with van der Waals surface area (Å²) in [5, 5.41) is 2.24. The maximum atomic E-state index is 12.2. The zero-order chi connectivity index (χ0) is 12.0. The van der Waals surface area contributed by atoms with E-state index in [0.717, 1.165) is 4.90 Å². The van der Waals surface area contributed by atoms with Crippen molar-refractivity contribution in [2.75, 3.05) is 6.54 Å². The molecule has 1 N–H and O–H groups in total. The van der Waals surface area contributed by atoms with E-state index in [1.807, 2.05) is 6.07 Å². The molecule has 2 saturated heterocycles. The molecule has 2 fully saturated rings. The number of benzene rings is 1. The van der Waals surface area contributed by atoms with Gasteiger partial charge < -0.3 is 0 Å². The average Bonchev–Trinajstić information content (AvgIpc) is 2.61. The number of urea groups is 1. The van der Waals surface area contributed by atoms with Gasteiger partial charge in [0.2, 0.25) is 5.91 Å². The third-order valence-corrected chi connectivity index (χ3v) is 3.44. The third kappa shape index (κ3) is 1.11. The highest BCUT2D eigenvalue weighted by Gasteiger charge is 2.59. The molecule has 4 amide bonds. The topological polar surface area (TPSA) is 66.5 Å². The maximum absolute atomic E-state index is 12.2. The molecular weight excluding hydrogens is 220 g/mol. The van der Waals surface area contributed by atoms with Crippen LogP contribution >= 0.6 is 0 Å². The Morgan fingerprint density at radius 1 is 1.12 bits per heavy atom. The molecule has 2 heterocycles. The highest BCUT2D eigenvalue weighted by Crippen LogP contribution is 2.38. The van der Waals surface area contributed by atoms with Crippen molar-refractivity contribution >= 4 is 17.8 Å². The molecule has 5 nitrogen and oxygen atoms in total. The van der Waals surface area contributed by atoms with Crippen molar-refractivity contribution in [1.29, 1.82) is 0 Å². The van der Waals surface area contributed by atoms with Gasteiger partial charge >= 0.3 is 6.03 Å². The van der Waals surface area contributed by atoms with Gasteiger partial charge in [-0.3, -0.25) is 19.8 Å². The van der Waals surface area contributed by atoms with E-state index in [-0.39, 0.29) is 0 Å². The molecule has 0 aromatic heterocycles. The number of imide groups is 2. The van der Waals surface area contributed by atoms with E-state index in [1.165, 1.54) is 0 Å². The summed E-state index contributed by atoms with van der Waals surface area (Å²) in [6.45, 7) is 0.297.